The smallest absolute Gasteiger partial charge is 0.462 e. The van der Waals surface area contributed by atoms with Gasteiger partial charge in [0, 0.05) is 12.8 Å². The molecular formula is C49H87O15P. The fraction of sp³-hybridized carbons (Fsp3) is 0.796. The van der Waals surface area contributed by atoms with Crippen LogP contribution < -0.4 is 0 Å². The van der Waals surface area contributed by atoms with Crippen molar-refractivity contribution in [1.29, 1.82) is 0 Å². The van der Waals surface area contributed by atoms with Crippen molar-refractivity contribution in [1.82, 2.24) is 0 Å². The van der Waals surface area contributed by atoms with Crippen molar-refractivity contribution in [3.63, 3.8) is 0 Å². The number of rotatable bonds is 40. The number of unbranched alkanes of at least 4 members (excludes halogenated alkanes) is 19. The summed E-state index contributed by atoms with van der Waals surface area (Å²) in [7, 11) is -5.19. The largest absolute Gasteiger partial charge is 0.472 e. The Hall–Kier alpha value is -2.27. The van der Waals surface area contributed by atoms with E-state index in [2.05, 4.69) is 19.9 Å². The number of carbonyl (C=O) groups excluding carboxylic acids is 2. The van der Waals surface area contributed by atoms with E-state index in [1.54, 1.807) is 36.5 Å². The molecule has 0 spiro atoms. The van der Waals surface area contributed by atoms with E-state index in [-0.39, 0.29) is 25.7 Å². The maximum absolute atomic E-state index is 12.8. The van der Waals surface area contributed by atoms with E-state index in [1.807, 2.05) is 6.08 Å². The van der Waals surface area contributed by atoms with Crippen LogP contribution in [0.4, 0.5) is 0 Å². The van der Waals surface area contributed by atoms with Crippen LogP contribution in [0.25, 0.3) is 0 Å². The highest BCUT2D eigenvalue weighted by Crippen LogP contribution is 2.47. The van der Waals surface area contributed by atoms with Gasteiger partial charge in [-0.05, 0) is 38.5 Å². The van der Waals surface area contributed by atoms with Crippen LogP contribution in [-0.4, -0.2) is 121 Å². The molecule has 15 nitrogen and oxygen atoms in total. The summed E-state index contributed by atoms with van der Waals surface area (Å²) in [6, 6.07) is 0. The summed E-state index contributed by atoms with van der Waals surface area (Å²) >= 11 is 0. The van der Waals surface area contributed by atoms with E-state index < -0.39 is 87.9 Å². The summed E-state index contributed by atoms with van der Waals surface area (Å²) in [6.07, 6.45) is 24.8. The minimum absolute atomic E-state index is 0.116. The number of ether oxygens (including phenoxy) is 2. The molecule has 1 aliphatic rings. The number of phosphoric acid groups is 1. The first-order valence-corrected chi connectivity index (χ1v) is 26.2. The van der Waals surface area contributed by atoms with Crippen molar-refractivity contribution in [3.05, 3.63) is 48.6 Å². The zero-order chi connectivity index (χ0) is 48.1. The number of phosphoric ester groups is 1. The molecule has 0 radical (unpaired) electrons. The predicted octanol–water partition coefficient (Wildman–Crippen LogP) is 7.89. The Morgan fingerprint density at radius 2 is 1.02 bits per heavy atom. The molecule has 3 unspecified atom stereocenters. The summed E-state index contributed by atoms with van der Waals surface area (Å²) in [4.78, 5) is 35.8. The van der Waals surface area contributed by atoms with Gasteiger partial charge in [-0.3, -0.25) is 18.6 Å². The monoisotopic (exact) mass is 947 g/mol. The number of hydrogen-bond acceptors (Lipinski definition) is 14. The van der Waals surface area contributed by atoms with Gasteiger partial charge in [-0.25, -0.2) is 4.57 Å². The topological polar surface area (TPSA) is 250 Å². The molecule has 0 aromatic rings. The van der Waals surface area contributed by atoms with Crippen molar-refractivity contribution in [3.8, 4) is 0 Å². The summed E-state index contributed by atoms with van der Waals surface area (Å²) in [5.41, 5.74) is 0. The van der Waals surface area contributed by atoms with Crippen LogP contribution in [0.5, 0.6) is 0 Å². The second kappa shape index (κ2) is 38.7. The molecule has 1 rings (SSSR count). The van der Waals surface area contributed by atoms with Gasteiger partial charge in [0.1, 0.15) is 43.2 Å². The third-order valence-electron chi connectivity index (χ3n) is 11.4. The molecule has 8 N–H and O–H groups in total. The maximum Gasteiger partial charge on any atom is 0.472 e. The van der Waals surface area contributed by atoms with Crippen molar-refractivity contribution in [2.75, 3.05) is 13.2 Å². The van der Waals surface area contributed by atoms with Gasteiger partial charge < -0.3 is 50.1 Å². The Morgan fingerprint density at radius 3 is 1.55 bits per heavy atom. The normalized spacial score (nSPS) is 22.8. The molecule has 1 fully saturated rings. The summed E-state index contributed by atoms with van der Waals surface area (Å²) in [5.74, 6) is -1.34. The Bertz CT molecular complexity index is 1360. The summed E-state index contributed by atoms with van der Waals surface area (Å²) in [6.45, 7) is 3.05. The van der Waals surface area contributed by atoms with E-state index in [1.165, 1.54) is 89.9 Å². The van der Waals surface area contributed by atoms with Crippen LogP contribution >= 0.6 is 7.82 Å². The molecule has 0 aliphatic heterocycles. The van der Waals surface area contributed by atoms with Crippen LogP contribution in [0.2, 0.25) is 0 Å². The van der Waals surface area contributed by atoms with E-state index >= 15 is 0 Å². The number of aliphatic hydroxyl groups is 7. The average molecular weight is 947 g/mol. The second-order valence-electron chi connectivity index (χ2n) is 17.4. The van der Waals surface area contributed by atoms with E-state index in [4.69, 9.17) is 18.5 Å². The lowest BCUT2D eigenvalue weighted by Crippen LogP contribution is -2.64. The lowest BCUT2D eigenvalue weighted by Gasteiger charge is -2.41. The summed E-state index contributed by atoms with van der Waals surface area (Å²) in [5, 5.41) is 70.6. The summed E-state index contributed by atoms with van der Waals surface area (Å²) < 4.78 is 33.4. The van der Waals surface area contributed by atoms with Gasteiger partial charge >= 0.3 is 19.8 Å². The first kappa shape index (κ1) is 60.7. The Morgan fingerprint density at radius 1 is 0.554 bits per heavy atom. The standard InChI is InChI=1S/C49H87O15P/c1-3-5-7-9-11-12-13-14-15-16-17-18-19-20-21-23-29-35-42(52)61-37-41(38-62-65(59,60)64-49-47(57)45(55)44(54)46(56)48(49)58)63-43(53)36-30-34-40(51)33-28-25-24-27-32-39(50)31-26-22-10-8-6-4-2/h22,24-28,32-33,39-41,44-51,54-58H,3-21,23,29-31,34-38H2,1-2H3,(H,59,60)/b25-24+,26-22-,32-27+,33-28-/t39-,40-,41+,44?,45-,46+,47+,48+,49?/m0/s1. The minimum Gasteiger partial charge on any atom is -0.462 e. The molecule has 378 valence electrons. The highest BCUT2D eigenvalue weighted by Gasteiger charge is 2.51. The van der Waals surface area contributed by atoms with Crippen molar-refractivity contribution >= 4 is 19.8 Å². The third kappa shape index (κ3) is 31.4. The second-order valence-corrected chi connectivity index (χ2v) is 18.8. The van der Waals surface area contributed by atoms with Crippen LogP contribution in [0, 0.1) is 0 Å². The highest BCUT2D eigenvalue weighted by atomic mass is 31.2. The molecule has 0 amide bonds. The predicted molar refractivity (Wildman–Crippen MR) is 251 cm³/mol. The molecule has 0 heterocycles. The number of hydrogen-bond donors (Lipinski definition) is 8. The van der Waals surface area contributed by atoms with Crippen LogP contribution in [0.3, 0.4) is 0 Å². The molecule has 0 aromatic carbocycles. The number of esters is 2. The quantitative estimate of drug-likeness (QED) is 0.00956. The number of aliphatic hydroxyl groups excluding tert-OH is 7. The van der Waals surface area contributed by atoms with Gasteiger partial charge in [0.15, 0.2) is 6.10 Å². The average Bonchev–Trinajstić information content (AvgIpc) is 3.28. The van der Waals surface area contributed by atoms with E-state index in [9.17, 15) is 54.8 Å². The molecule has 1 saturated carbocycles. The molecule has 0 aromatic heterocycles. The fourth-order valence-corrected chi connectivity index (χ4v) is 8.28. The first-order valence-electron chi connectivity index (χ1n) is 24.7. The van der Waals surface area contributed by atoms with Gasteiger partial charge in [0.25, 0.3) is 0 Å². The minimum atomic E-state index is -5.19. The molecular weight excluding hydrogens is 859 g/mol. The van der Waals surface area contributed by atoms with Crippen molar-refractivity contribution in [2.24, 2.45) is 0 Å². The molecule has 1 aliphatic carbocycles. The number of carbonyl (C=O) groups is 2. The third-order valence-corrected chi connectivity index (χ3v) is 12.3. The molecule has 0 bridgehead atoms. The van der Waals surface area contributed by atoms with Crippen molar-refractivity contribution in [2.45, 2.75) is 236 Å². The van der Waals surface area contributed by atoms with Crippen LogP contribution in [0.15, 0.2) is 48.6 Å². The van der Waals surface area contributed by atoms with Crippen molar-refractivity contribution < 1.29 is 73.3 Å². The molecule has 10 atom stereocenters. The molecule has 16 heteroatoms. The van der Waals surface area contributed by atoms with E-state index in [0.717, 1.165) is 38.5 Å². The van der Waals surface area contributed by atoms with Gasteiger partial charge in [-0.1, -0.05) is 178 Å². The molecule has 0 saturated heterocycles. The van der Waals surface area contributed by atoms with Crippen LogP contribution in [0.1, 0.15) is 181 Å². The van der Waals surface area contributed by atoms with Gasteiger partial charge in [0.2, 0.25) is 0 Å². The zero-order valence-corrected chi connectivity index (χ0v) is 40.4. The Kier molecular flexibility index (Phi) is 36.1. The fourth-order valence-electron chi connectivity index (χ4n) is 7.31. The van der Waals surface area contributed by atoms with Gasteiger partial charge in [-0.2, -0.15) is 0 Å². The first-order chi connectivity index (χ1) is 31.2. The maximum atomic E-state index is 12.8. The zero-order valence-electron chi connectivity index (χ0n) is 39.5. The van der Waals surface area contributed by atoms with Gasteiger partial charge in [0.05, 0.1) is 18.8 Å². The lowest BCUT2D eigenvalue weighted by molar-refractivity contribution is -0.220. The van der Waals surface area contributed by atoms with Gasteiger partial charge in [-0.15, -0.1) is 0 Å². The lowest BCUT2D eigenvalue weighted by atomic mass is 9.85. The molecule has 65 heavy (non-hydrogen) atoms. The SMILES string of the molecule is CCCCC/C=C\C[C@H](O)/C=C/C=C/C=C\[C@H](O)CCCC(=O)O[C@H](COC(=O)CCCCCCCCCCCCCCCCCCC)COP(=O)(O)OC1[C@H](O)[C@H](O)C(O)[C@H](O)[C@H]1O. The van der Waals surface area contributed by atoms with Crippen LogP contribution in [-0.2, 0) is 32.7 Å². The Balaban J connectivity index is 2.54. The highest BCUT2D eigenvalue weighted by molar-refractivity contribution is 7.47. The number of allylic oxidation sites excluding steroid dienone is 5. The van der Waals surface area contributed by atoms with E-state index in [0.29, 0.717) is 12.8 Å². The Labute approximate surface area is 389 Å².